The molecule has 1 heterocycles. The lowest BCUT2D eigenvalue weighted by atomic mass is 10.1. The Hall–Kier alpha value is -2.79. The van der Waals surface area contributed by atoms with Crippen LogP contribution in [-0.2, 0) is 22.4 Å². The molecule has 0 bridgehead atoms. The van der Waals surface area contributed by atoms with Crippen molar-refractivity contribution in [3.8, 4) is 6.07 Å². The van der Waals surface area contributed by atoms with Crippen molar-refractivity contribution in [3.63, 3.8) is 0 Å². The van der Waals surface area contributed by atoms with E-state index in [-0.39, 0.29) is 5.56 Å². The normalized spacial score (nSPS) is 14.4. The molecule has 1 aliphatic rings. The Kier molecular flexibility index (Phi) is 6.05. The Morgan fingerprint density at radius 1 is 1.18 bits per heavy atom. The van der Waals surface area contributed by atoms with Crippen LogP contribution in [0.4, 0.5) is 13.8 Å². The largest absolute Gasteiger partial charge is 0.449 e. The van der Waals surface area contributed by atoms with E-state index in [9.17, 15) is 23.6 Å². The van der Waals surface area contributed by atoms with E-state index in [1.54, 1.807) is 0 Å². The number of carbonyl (C=O) groups excluding carboxylic acids is 2. The molecule has 8 heteroatoms. The molecular weight excluding hydrogens is 386 g/mol. The van der Waals surface area contributed by atoms with Gasteiger partial charge in [-0.1, -0.05) is 6.42 Å². The van der Waals surface area contributed by atoms with Gasteiger partial charge in [-0.15, -0.1) is 11.3 Å². The minimum atomic E-state index is -1.20. The third-order valence-corrected chi connectivity index (χ3v) is 5.73. The summed E-state index contributed by atoms with van der Waals surface area (Å²) in [5, 5.41) is 12.6. The van der Waals surface area contributed by atoms with E-state index < -0.39 is 29.6 Å². The predicted molar refractivity (Wildman–Crippen MR) is 100 cm³/mol. The number of nitriles is 1. The monoisotopic (exact) mass is 404 g/mol. The number of anilines is 1. The van der Waals surface area contributed by atoms with Crippen molar-refractivity contribution in [2.24, 2.45) is 0 Å². The second-order valence-electron chi connectivity index (χ2n) is 6.58. The highest BCUT2D eigenvalue weighted by Gasteiger charge is 2.24. The lowest BCUT2D eigenvalue weighted by molar-refractivity contribution is -0.123. The summed E-state index contributed by atoms with van der Waals surface area (Å²) in [6, 6.07) is 4.46. The maximum absolute atomic E-state index is 13.2. The molecule has 1 N–H and O–H groups in total. The first kappa shape index (κ1) is 20.0. The maximum atomic E-state index is 13.2. The minimum Gasteiger partial charge on any atom is -0.449 e. The molecule has 1 atom stereocenters. The average molecular weight is 404 g/mol. The van der Waals surface area contributed by atoms with Crippen LogP contribution < -0.4 is 5.32 Å². The van der Waals surface area contributed by atoms with Gasteiger partial charge in [-0.3, -0.25) is 4.79 Å². The molecule has 0 unspecified atom stereocenters. The molecule has 0 spiro atoms. The molecule has 2 aromatic rings. The number of benzene rings is 1. The fourth-order valence-corrected chi connectivity index (χ4v) is 4.36. The molecule has 3 rings (SSSR count). The van der Waals surface area contributed by atoms with Gasteiger partial charge in [-0.25, -0.2) is 13.6 Å². The highest BCUT2D eigenvalue weighted by molar-refractivity contribution is 7.16. The number of carbonyl (C=O) groups is 2. The van der Waals surface area contributed by atoms with Gasteiger partial charge in [0.25, 0.3) is 5.91 Å². The van der Waals surface area contributed by atoms with Gasteiger partial charge in [0.2, 0.25) is 0 Å². The molecular formula is C20H18F2N2O3S. The zero-order valence-electron chi connectivity index (χ0n) is 15.2. The Morgan fingerprint density at radius 3 is 2.54 bits per heavy atom. The third kappa shape index (κ3) is 4.37. The summed E-state index contributed by atoms with van der Waals surface area (Å²) in [5.74, 6) is -3.45. The highest BCUT2D eigenvalue weighted by atomic mass is 32.1. The van der Waals surface area contributed by atoms with E-state index in [2.05, 4.69) is 11.4 Å². The standard InChI is InChI=1S/C20H18F2N2O3S/c1-11(27-20(26)12-7-13(21)9-14(22)8-12)18(25)24-19-16(10-23)15-5-3-2-4-6-17(15)28-19/h7-9,11H,2-6H2,1H3,(H,24,25)/t11-/m1/s1. The molecule has 28 heavy (non-hydrogen) atoms. The van der Waals surface area contributed by atoms with E-state index in [0.29, 0.717) is 16.6 Å². The fraction of sp³-hybridized carbons (Fsp3) is 0.350. The summed E-state index contributed by atoms with van der Waals surface area (Å²) >= 11 is 1.37. The van der Waals surface area contributed by atoms with Gasteiger partial charge in [0.15, 0.2) is 6.10 Å². The van der Waals surface area contributed by atoms with Crippen molar-refractivity contribution in [1.82, 2.24) is 0 Å². The number of hydrogen-bond donors (Lipinski definition) is 1. The smallest absolute Gasteiger partial charge is 0.339 e. The number of halogens is 2. The van der Waals surface area contributed by atoms with Crippen LogP contribution in [0.2, 0.25) is 0 Å². The van der Waals surface area contributed by atoms with Crippen molar-refractivity contribution < 1.29 is 23.1 Å². The van der Waals surface area contributed by atoms with Gasteiger partial charge in [0.05, 0.1) is 11.1 Å². The zero-order valence-corrected chi connectivity index (χ0v) is 16.0. The Balaban J connectivity index is 1.71. The van der Waals surface area contributed by atoms with Crippen LogP contribution in [0.15, 0.2) is 18.2 Å². The first-order valence-corrected chi connectivity index (χ1v) is 9.73. The number of thiophene rings is 1. The van der Waals surface area contributed by atoms with Crippen LogP contribution in [0.3, 0.4) is 0 Å². The number of fused-ring (bicyclic) bond motifs is 1. The lowest BCUT2D eigenvalue weighted by Crippen LogP contribution is -2.30. The molecule has 1 amide bonds. The van der Waals surface area contributed by atoms with Crippen LogP contribution in [0.25, 0.3) is 0 Å². The molecule has 1 aromatic heterocycles. The molecule has 0 saturated carbocycles. The zero-order chi connectivity index (χ0) is 20.3. The second-order valence-corrected chi connectivity index (χ2v) is 7.68. The van der Waals surface area contributed by atoms with Crippen molar-refractivity contribution in [2.75, 3.05) is 5.32 Å². The summed E-state index contributed by atoms with van der Waals surface area (Å²) in [6.07, 6.45) is 3.64. The number of nitrogens with zero attached hydrogens (tertiary/aromatic N) is 1. The Bertz CT molecular complexity index is 945. The number of rotatable bonds is 4. The quantitative estimate of drug-likeness (QED) is 0.607. The Labute approximate surface area is 164 Å². The Morgan fingerprint density at radius 2 is 1.86 bits per heavy atom. The minimum absolute atomic E-state index is 0.322. The summed E-state index contributed by atoms with van der Waals surface area (Å²) in [7, 11) is 0. The summed E-state index contributed by atoms with van der Waals surface area (Å²) in [4.78, 5) is 25.6. The van der Waals surface area contributed by atoms with Crippen LogP contribution in [0.5, 0.6) is 0 Å². The van der Waals surface area contributed by atoms with Crippen LogP contribution in [-0.4, -0.2) is 18.0 Å². The van der Waals surface area contributed by atoms with E-state index in [1.807, 2.05) is 0 Å². The molecule has 5 nitrogen and oxygen atoms in total. The number of esters is 1. The van der Waals surface area contributed by atoms with Gasteiger partial charge < -0.3 is 10.1 Å². The fourth-order valence-electron chi connectivity index (χ4n) is 3.12. The van der Waals surface area contributed by atoms with E-state index in [1.165, 1.54) is 18.3 Å². The molecule has 1 aliphatic carbocycles. The first-order valence-electron chi connectivity index (χ1n) is 8.91. The number of amides is 1. The molecule has 146 valence electrons. The van der Waals surface area contributed by atoms with Crippen LogP contribution in [0, 0.1) is 23.0 Å². The maximum Gasteiger partial charge on any atom is 0.339 e. The van der Waals surface area contributed by atoms with Gasteiger partial charge in [0, 0.05) is 10.9 Å². The highest BCUT2D eigenvalue weighted by Crippen LogP contribution is 2.37. The second kappa shape index (κ2) is 8.48. The van der Waals surface area contributed by atoms with Crippen molar-refractivity contribution in [1.29, 1.82) is 5.26 Å². The number of hydrogen-bond acceptors (Lipinski definition) is 5. The summed E-state index contributed by atoms with van der Waals surface area (Å²) in [5.41, 5.74) is 1.12. The molecule has 0 radical (unpaired) electrons. The van der Waals surface area contributed by atoms with Gasteiger partial charge in [-0.2, -0.15) is 5.26 Å². The molecule has 1 aromatic carbocycles. The SMILES string of the molecule is C[C@@H](OC(=O)c1cc(F)cc(F)c1)C(=O)Nc1sc2c(c1C#N)CCCCC2. The lowest BCUT2D eigenvalue weighted by Gasteiger charge is -2.13. The van der Waals surface area contributed by atoms with Crippen molar-refractivity contribution >= 4 is 28.2 Å². The third-order valence-electron chi connectivity index (χ3n) is 4.52. The van der Waals surface area contributed by atoms with Crippen LogP contribution in [0.1, 0.15) is 52.5 Å². The number of nitrogens with one attached hydrogen (secondary N) is 1. The summed E-state index contributed by atoms with van der Waals surface area (Å²) in [6.45, 7) is 1.35. The number of aryl methyl sites for hydroxylation is 1. The molecule has 0 saturated heterocycles. The van der Waals surface area contributed by atoms with Gasteiger partial charge in [-0.05, 0) is 50.3 Å². The average Bonchev–Trinajstić information content (AvgIpc) is 2.80. The van der Waals surface area contributed by atoms with Gasteiger partial charge >= 0.3 is 5.97 Å². The number of ether oxygens (including phenoxy) is 1. The topological polar surface area (TPSA) is 79.2 Å². The van der Waals surface area contributed by atoms with Gasteiger partial charge in [0.1, 0.15) is 22.7 Å². The first-order chi connectivity index (χ1) is 13.4. The van der Waals surface area contributed by atoms with E-state index in [4.69, 9.17) is 4.74 Å². The van der Waals surface area contributed by atoms with Crippen molar-refractivity contribution in [2.45, 2.75) is 45.1 Å². The summed E-state index contributed by atoms with van der Waals surface area (Å²) < 4.78 is 31.5. The van der Waals surface area contributed by atoms with E-state index >= 15 is 0 Å². The molecule has 0 aliphatic heterocycles. The predicted octanol–water partition coefficient (Wildman–Crippen LogP) is 4.35. The van der Waals surface area contributed by atoms with Crippen LogP contribution >= 0.6 is 11.3 Å². The molecule has 0 fully saturated rings. The van der Waals surface area contributed by atoms with E-state index in [0.717, 1.165) is 54.7 Å². The van der Waals surface area contributed by atoms with Crippen molar-refractivity contribution in [3.05, 3.63) is 51.4 Å².